The second kappa shape index (κ2) is 6.87. The van der Waals surface area contributed by atoms with E-state index in [0.29, 0.717) is 11.4 Å². The zero-order chi connectivity index (χ0) is 17.8. The van der Waals surface area contributed by atoms with Gasteiger partial charge in [0.15, 0.2) is 5.69 Å². The molecule has 1 aromatic carbocycles. The van der Waals surface area contributed by atoms with Crippen molar-refractivity contribution in [1.82, 2.24) is 25.3 Å². The zero-order valence-electron chi connectivity index (χ0n) is 13.3. The first-order valence-electron chi connectivity index (χ1n) is 7.41. The van der Waals surface area contributed by atoms with Crippen LogP contribution in [0, 0.1) is 17.0 Å². The maximum atomic E-state index is 12.3. The van der Waals surface area contributed by atoms with Gasteiger partial charge in [-0.1, -0.05) is 17.3 Å². The lowest BCUT2D eigenvalue weighted by Crippen LogP contribution is -2.24. The number of nitro groups is 1. The quantitative estimate of drug-likeness (QED) is 0.560. The molecule has 0 aliphatic rings. The first-order chi connectivity index (χ1) is 12.1. The highest BCUT2D eigenvalue weighted by atomic mass is 16.6. The molecule has 1 amide bonds. The minimum Gasteiger partial charge on any atom is -0.345 e. The van der Waals surface area contributed by atoms with Crippen molar-refractivity contribution in [3.05, 3.63) is 75.9 Å². The van der Waals surface area contributed by atoms with E-state index in [4.69, 9.17) is 0 Å². The molecule has 126 valence electrons. The second-order valence-corrected chi connectivity index (χ2v) is 5.22. The number of carbonyl (C=O) groups is 1. The highest BCUT2D eigenvalue weighted by Gasteiger charge is 2.18. The van der Waals surface area contributed by atoms with Crippen LogP contribution in [0.4, 0.5) is 5.69 Å². The first-order valence-corrected chi connectivity index (χ1v) is 7.41. The molecule has 9 heteroatoms. The largest absolute Gasteiger partial charge is 0.345 e. The average molecular weight is 338 g/mol. The Morgan fingerprint density at radius 1 is 1.28 bits per heavy atom. The third-order valence-corrected chi connectivity index (χ3v) is 3.55. The van der Waals surface area contributed by atoms with E-state index < -0.39 is 4.92 Å². The number of non-ortho nitro benzene ring substituents is 1. The molecule has 0 saturated heterocycles. The molecule has 0 atom stereocenters. The third-order valence-electron chi connectivity index (χ3n) is 3.55. The summed E-state index contributed by atoms with van der Waals surface area (Å²) in [5, 5.41) is 21.4. The molecule has 25 heavy (non-hydrogen) atoms. The smallest absolute Gasteiger partial charge is 0.274 e. The molecule has 0 aliphatic carbocycles. The van der Waals surface area contributed by atoms with Gasteiger partial charge < -0.3 is 5.32 Å². The Labute approximate surface area is 142 Å². The Morgan fingerprint density at radius 2 is 2.12 bits per heavy atom. The maximum Gasteiger partial charge on any atom is 0.274 e. The summed E-state index contributed by atoms with van der Waals surface area (Å²) in [6, 6.07) is 11.4. The Balaban J connectivity index is 1.80. The van der Waals surface area contributed by atoms with E-state index in [-0.39, 0.29) is 23.8 Å². The van der Waals surface area contributed by atoms with Gasteiger partial charge in [-0.05, 0) is 25.1 Å². The molecule has 0 unspecified atom stereocenters. The first kappa shape index (κ1) is 16.2. The van der Waals surface area contributed by atoms with Crippen LogP contribution in [0.1, 0.15) is 21.9 Å². The van der Waals surface area contributed by atoms with Crippen LogP contribution in [0.5, 0.6) is 0 Å². The van der Waals surface area contributed by atoms with E-state index in [9.17, 15) is 14.9 Å². The van der Waals surface area contributed by atoms with Crippen molar-refractivity contribution < 1.29 is 9.72 Å². The van der Waals surface area contributed by atoms with Crippen molar-refractivity contribution in [2.75, 3.05) is 0 Å². The van der Waals surface area contributed by atoms with E-state index >= 15 is 0 Å². The van der Waals surface area contributed by atoms with Gasteiger partial charge in [0.05, 0.1) is 28.5 Å². The molecule has 1 N–H and O–H groups in total. The highest BCUT2D eigenvalue weighted by Crippen LogP contribution is 2.18. The van der Waals surface area contributed by atoms with E-state index in [1.54, 1.807) is 37.4 Å². The summed E-state index contributed by atoms with van der Waals surface area (Å²) >= 11 is 0. The molecule has 2 heterocycles. The lowest BCUT2D eigenvalue weighted by Gasteiger charge is -2.05. The van der Waals surface area contributed by atoms with Crippen molar-refractivity contribution in [3.8, 4) is 5.69 Å². The number of hydrogen-bond donors (Lipinski definition) is 1. The number of nitro benzene ring substituents is 1. The van der Waals surface area contributed by atoms with Crippen molar-refractivity contribution in [1.29, 1.82) is 0 Å². The molecule has 3 aromatic rings. The monoisotopic (exact) mass is 338 g/mol. The maximum absolute atomic E-state index is 12.3. The third kappa shape index (κ3) is 3.50. The van der Waals surface area contributed by atoms with Gasteiger partial charge in [0.2, 0.25) is 0 Å². The lowest BCUT2D eigenvalue weighted by atomic mass is 10.2. The number of nitrogens with zero attached hydrogens (tertiary/aromatic N) is 5. The normalized spacial score (nSPS) is 10.4. The minimum absolute atomic E-state index is 0.0615. The molecule has 0 aliphatic heterocycles. The Hall–Kier alpha value is -3.62. The second-order valence-electron chi connectivity index (χ2n) is 5.22. The van der Waals surface area contributed by atoms with Gasteiger partial charge in [-0.15, -0.1) is 5.10 Å². The van der Waals surface area contributed by atoms with Crippen LogP contribution in [0.3, 0.4) is 0 Å². The molecule has 0 fully saturated rings. The summed E-state index contributed by atoms with van der Waals surface area (Å²) in [4.78, 5) is 26.8. The number of rotatable bonds is 5. The van der Waals surface area contributed by atoms with Crippen molar-refractivity contribution in [2.24, 2.45) is 0 Å². The van der Waals surface area contributed by atoms with Gasteiger partial charge in [-0.2, -0.15) is 0 Å². The van der Waals surface area contributed by atoms with Gasteiger partial charge in [-0.25, -0.2) is 4.68 Å². The SMILES string of the molecule is Cc1c(C(=O)NCc2ccccn2)nnn1-c1cccc([N+](=O)[O-])c1. The molecule has 0 bridgehead atoms. The summed E-state index contributed by atoms with van der Waals surface area (Å²) in [6.07, 6.45) is 1.64. The molecule has 9 nitrogen and oxygen atoms in total. The Kier molecular flexibility index (Phi) is 4.46. The summed E-state index contributed by atoms with van der Waals surface area (Å²) in [5.41, 5.74) is 1.76. The van der Waals surface area contributed by atoms with Gasteiger partial charge >= 0.3 is 0 Å². The molecule has 2 aromatic heterocycles. The molecule has 0 saturated carbocycles. The number of amides is 1. The average Bonchev–Trinajstić information content (AvgIpc) is 3.02. The predicted octanol–water partition coefficient (Wildman–Crippen LogP) is 1.81. The number of carbonyl (C=O) groups excluding carboxylic acids is 1. The van der Waals surface area contributed by atoms with Crippen LogP contribution in [-0.2, 0) is 6.54 Å². The van der Waals surface area contributed by atoms with Crippen molar-refractivity contribution in [2.45, 2.75) is 13.5 Å². The number of hydrogen-bond acceptors (Lipinski definition) is 6. The fraction of sp³-hybridized carbons (Fsp3) is 0.125. The standard InChI is InChI=1S/C16H14N6O3/c1-11-15(16(23)18-10-12-5-2-3-8-17-12)19-20-21(11)13-6-4-7-14(9-13)22(24)25/h2-9H,10H2,1H3,(H,18,23). The van der Waals surface area contributed by atoms with Crippen LogP contribution in [-0.4, -0.2) is 30.8 Å². The van der Waals surface area contributed by atoms with Crippen LogP contribution in [0.2, 0.25) is 0 Å². The van der Waals surface area contributed by atoms with Crippen LogP contribution >= 0.6 is 0 Å². The summed E-state index contributed by atoms with van der Waals surface area (Å²) < 4.78 is 1.39. The van der Waals surface area contributed by atoms with E-state index in [1.807, 2.05) is 6.07 Å². The van der Waals surface area contributed by atoms with Gasteiger partial charge in [-0.3, -0.25) is 19.9 Å². The molecular weight excluding hydrogens is 324 g/mol. The van der Waals surface area contributed by atoms with Gasteiger partial charge in [0.1, 0.15) is 0 Å². The van der Waals surface area contributed by atoms with Crippen LogP contribution in [0.25, 0.3) is 5.69 Å². The summed E-state index contributed by atoms with van der Waals surface area (Å²) in [7, 11) is 0. The topological polar surface area (TPSA) is 116 Å². The zero-order valence-corrected chi connectivity index (χ0v) is 13.3. The van der Waals surface area contributed by atoms with E-state index in [0.717, 1.165) is 5.69 Å². The summed E-state index contributed by atoms with van der Waals surface area (Å²) in [5.74, 6) is -0.389. The molecule has 3 rings (SSSR count). The summed E-state index contributed by atoms with van der Waals surface area (Å²) in [6.45, 7) is 1.94. The van der Waals surface area contributed by atoms with Gasteiger partial charge in [0, 0.05) is 18.3 Å². The Bertz CT molecular complexity index is 923. The van der Waals surface area contributed by atoms with Crippen LogP contribution in [0.15, 0.2) is 48.7 Å². The van der Waals surface area contributed by atoms with Gasteiger partial charge in [0.25, 0.3) is 11.6 Å². The number of aromatic nitrogens is 4. The molecule has 0 spiro atoms. The lowest BCUT2D eigenvalue weighted by molar-refractivity contribution is -0.384. The van der Waals surface area contributed by atoms with Crippen molar-refractivity contribution in [3.63, 3.8) is 0 Å². The molecule has 0 radical (unpaired) electrons. The van der Waals surface area contributed by atoms with Crippen LogP contribution < -0.4 is 5.32 Å². The highest BCUT2D eigenvalue weighted by molar-refractivity contribution is 5.93. The fourth-order valence-corrected chi connectivity index (χ4v) is 2.28. The fourth-order valence-electron chi connectivity index (χ4n) is 2.28. The Morgan fingerprint density at radius 3 is 2.84 bits per heavy atom. The number of benzene rings is 1. The van der Waals surface area contributed by atoms with E-state index in [2.05, 4.69) is 20.6 Å². The number of pyridine rings is 1. The minimum atomic E-state index is -0.490. The number of nitrogens with one attached hydrogen (secondary N) is 1. The molecular formula is C16H14N6O3. The van der Waals surface area contributed by atoms with Crippen molar-refractivity contribution >= 4 is 11.6 Å². The van der Waals surface area contributed by atoms with E-state index in [1.165, 1.54) is 16.8 Å². The predicted molar refractivity (Wildman–Crippen MR) is 88.2 cm³/mol.